The lowest BCUT2D eigenvalue weighted by atomic mass is 9.86. The summed E-state index contributed by atoms with van der Waals surface area (Å²) in [6, 6.07) is 9.22. The molecule has 1 aliphatic carbocycles. The van der Waals surface area contributed by atoms with Gasteiger partial charge >= 0.3 is 12.0 Å². The van der Waals surface area contributed by atoms with Crippen LogP contribution in [0.4, 0.5) is 10.5 Å². The molecule has 2 unspecified atom stereocenters. The summed E-state index contributed by atoms with van der Waals surface area (Å²) < 4.78 is 5.55. The minimum atomic E-state index is -0.0329. The minimum Gasteiger partial charge on any atom is -0.424 e. The number of rotatable bonds is 3. The van der Waals surface area contributed by atoms with Crippen molar-refractivity contribution >= 4 is 11.7 Å². The van der Waals surface area contributed by atoms with E-state index in [0.717, 1.165) is 31.6 Å². The predicted molar refractivity (Wildman–Crippen MR) is 94.5 cm³/mol. The zero-order valence-corrected chi connectivity index (χ0v) is 13.8. The Labute approximate surface area is 146 Å². The number of hydrogen-bond acceptors (Lipinski definition) is 4. The van der Waals surface area contributed by atoms with Gasteiger partial charge in [0.05, 0.1) is 0 Å². The largest absolute Gasteiger partial charge is 0.424 e. The Kier molecular flexibility index (Phi) is 4.33. The van der Waals surface area contributed by atoms with Gasteiger partial charge in [0, 0.05) is 31.2 Å². The topological polar surface area (TPSA) is 67.3 Å². The monoisotopic (exact) mass is 336 g/mol. The number of fused-ring (bicyclic) bond motifs is 1. The molecule has 0 saturated carbocycles. The number of nitrogens with zero attached hydrogens (tertiary/aromatic N) is 3. The summed E-state index contributed by atoms with van der Waals surface area (Å²) in [4.78, 5) is 22.4. The highest BCUT2D eigenvalue weighted by Crippen LogP contribution is 2.33. The molecule has 2 amide bonds. The van der Waals surface area contributed by atoms with E-state index in [1.54, 1.807) is 30.6 Å². The first-order chi connectivity index (χ1) is 12.3. The number of ether oxygens (including phenoxy) is 1. The van der Waals surface area contributed by atoms with Crippen LogP contribution < -0.4 is 10.1 Å². The number of carbonyl (C=O) groups excluding carboxylic acids is 1. The van der Waals surface area contributed by atoms with Gasteiger partial charge in [0.2, 0.25) is 0 Å². The van der Waals surface area contributed by atoms with Gasteiger partial charge in [-0.05, 0) is 55.0 Å². The van der Waals surface area contributed by atoms with Gasteiger partial charge < -0.3 is 15.0 Å². The molecule has 2 aromatic rings. The van der Waals surface area contributed by atoms with Crippen molar-refractivity contribution in [2.45, 2.75) is 12.8 Å². The van der Waals surface area contributed by atoms with E-state index in [2.05, 4.69) is 27.4 Å². The van der Waals surface area contributed by atoms with Gasteiger partial charge in [-0.2, -0.15) is 0 Å². The normalized spacial score (nSPS) is 21.7. The molecular weight excluding hydrogens is 316 g/mol. The van der Waals surface area contributed by atoms with Gasteiger partial charge in [-0.3, -0.25) is 0 Å². The third kappa shape index (κ3) is 3.63. The molecule has 25 heavy (non-hydrogen) atoms. The molecule has 1 aromatic carbocycles. The van der Waals surface area contributed by atoms with Crippen LogP contribution in [0.2, 0.25) is 0 Å². The van der Waals surface area contributed by atoms with E-state index >= 15 is 0 Å². The second-order valence-corrected chi connectivity index (χ2v) is 6.46. The van der Waals surface area contributed by atoms with Crippen LogP contribution in [0.5, 0.6) is 11.8 Å². The van der Waals surface area contributed by atoms with E-state index in [9.17, 15) is 4.79 Å². The predicted octanol–water partition coefficient (Wildman–Crippen LogP) is 3.70. The second kappa shape index (κ2) is 6.93. The summed E-state index contributed by atoms with van der Waals surface area (Å²) in [5.41, 5.74) is 0.749. The highest BCUT2D eigenvalue weighted by Gasteiger charge is 2.35. The number of amides is 2. The van der Waals surface area contributed by atoms with E-state index < -0.39 is 0 Å². The lowest BCUT2D eigenvalue weighted by Gasteiger charge is -2.17. The Morgan fingerprint density at radius 2 is 1.68 bits per heavy atom. The van der Waals surface area contributed by atoms with Crippen molar-refractivity contribution in [3.05, 3.63) is 54.9 Å². The highest BCUT2D eigenvalue weighted by atomic mass is 16.5. The van der Waals surface area contributed by atoms with Gasteiger partial charge in [0.1, 0.15) is 5.75 Å². The number of anilines is 1. The number of carbonyl (C=O) groups is 1. The zero-order chi connectivity index (χ0) is 17.1. The van der Waals surface area contributed by atoms with E-state index in [-0.39, 0.29) is 6.03 Å². The number of hydrogen-bond donors (Lipinski definition) is 1. The van der Waals surface area contributed by atoms with Crippen LogP contribution in [0.25, 0.3) is 0 Å². The quantitative estimate of drug-likeness (QED) is 0.868. The van der Waals surface area contributed by atoms with Crippen molar-refractivity contribution in [2.24, 2.45) is 11.8 Å². The van der Waals surface area contributed by atoms with Crippen LogP contribution in [0.3, 0.4) is 0 Å². The number of likely N-dealkylation sites (tertiary alicyclic amines) is 1. The fraction of sp³-hybridized carbons (Fsp3) is 0.316. The van der Waals surface area contributed by atoms with Crippen LogP contribution in [0, 0.1) is 11.8 Å². The van der Waals surface area contributed by atoms with Crippen molar-refractivity contribution < 1.29 is 9.53 Å². The Balaban J connectivity index is 1.34. The Hall–Kier alpha value is -2.89. The fourth-order valence-corrected chi connectivity index (χ4v) is 3.43. The molecule has 6 heteroatoms. The van der Waals surface area contributed by atoms with Crippen LogP contribution >= 0.6 is 0 Å². The molecule has 0 bridgehead atoms. The van der Waals surface area contributed by atoms with Gasteiger partial charge in [-0.15, -0.1) is 0 Å². The van der Waals surface area contributed by atoms with Crippen molar-refractivity contribution in [1.82, 2.24) is 14.9 Å². The summed E-state index contributed by atoms with van der Waals surface area (Å²) in [5.74, 6) is 1.84. The molecule has 1 saturated heterocycles. The summed E-state index contributed by atoms with van der Waals surface area (Å²) >= 11 is 0. The molecule has 2 heterocycles. The number of urea groups is 1. The molecular formula is C19H20N4O2. The molecule has 1 fully saturated rings. The van der Waals surface area contributed by atoms with E-state index in [0.29, 0.717) is 23.6 Å². The maximum absolute atomic E-state index is 12.5. The lowest BCUT2D eigenvalue weighted by molar-refractivity contribution is 0.220. The molecule has 1 aliphatic heterocycles. The second-order valence-electron chi connectivity index (χ2n) is 6.46. The third-order valence-electron chi connectivity index (χ3n) is 4.76. The zero-order valence-electron chi connectivity index (χ0n) is 13.8. The Morgan fingerprint density at radius 3 is 2.32 bits per heavy atom. The fourth-order valence-electron chi connectivity index (χ4n) is 3.43. The van der Waals surface area contributed by atoms with Gasteiger partial charge in [0.25, 0.3) is 0 Å². The Bertz CT molecular complexity index is 745. The Morgan fingerprint density at radius 1 is 1.04 bits per heavy atom. The van der Waals surface area contributed by atoms with Crippen molar-refractivity contribution in [1.29, 1.82) is 0 Å². The third-order valence-corrected chi connectivity index (χ3v) is 4.76. The molecule has 2 aliphatic rings. The van der Waals surface area contributed by atoms with Crippen molar-refractivity contribution in [3.8, 4) is 11.8 Å². The number of benzene rings is 1. The maximum Gasteiger partial charge on any atom is 0.321 e. The van der Waals surface area contributed by atoms with Crippen LogP contribution in [-0.4, -0.2) is 34.0 Å². The average molecular weight is 336 g/mol. The SMILES string of the molecule is O=C(Nc1ccc(Oc2ncccn2)cc1)N1CC2CC=CCC2C1. The average Bonchev–Trinajstić information content (AvgIpc) is 3.09. The molecule has 128 valence electrons. The van der Waals surface area contributed by atoms with Crippen molar-refractivity contribution in [2.75, 3.05) is 18.4 Å². The first-order valence-electron chi connectivity index (χ1n) is 8.54. The standard InChI is InChI=1S/C19H20N4O2/c24-19(23-12-14-4-1-2-5-15(14)13-23)22-16-6-8-17(9-7-16)25-18-20-10-3-11-21-18/h1-3,6-11,14-15H,4-5,12-13H2,(H,22,24). The lowest BCUT2D eigenvalue weighted by Crippen LogP contribution is -2.33. The van der Waals surface area contributed by atoms with Crippen LogP contribution in [0.15, 0.2) is 54.9 Å². The number of aromatic nitrogens is 2. The molecule has 0 radical (unpaired) electrons. The van der Waals surface area contributed by atoms with Crippen molar-refractivity contribution in [3.63, 3.8) is 0 Å². The smallest absolute Gasteiger partial charge is 0.321 e. The molecule has 1 N–H and O–H groups in total. The number of nitrogens with one attached hydrogen (secondary N) is 1. The molecule has 2 atom stereocenters. The highest BCUT2D eigenvalue weighted by molar-refractivity contribution is 5.89. The van der Waals surface area contributed by atoms with E-state index in [4.69, 9.17) is 4.74 Å². The first-order valence-corrected chi connectivity index (χ1v) is 8.54. The molecule has 4 rings (SSSR count). The summed E-state index contributed by atoms with van der Waals surface area (Å²) in [6.45, 7) is 1.68. The summed E-state index contributed by atoms with van der Waals surface area (Å²) in [7, 11) is 0. The molecule has 6 nitrogen and oxygen atoms in total. The van der Waals surface area contributed by atoms with Crippen LogP contribution in [-0.2, 0) is 0 Å². The summed E-state index contributed by atoms with van der Waals surface area (Å²) in [6.07, 6.45) is 9.89. The first kappa shape index (κ1) is 15.6. The maximum atomic E-state index is 12.5. The minimum absolute atomic E-state index is 0.0329. The van der Waals surface area contributed by atoms with E-state index in [1.807, 2.05) is 17.0 Å². The molecule has 1 aromatic heterocycles. The molecule has 0 spiro atoms. The van der Waals surface area contributed by atoms with Crippen LogP contribution in [0.1, 0.15) is 12.8 Å². The number of allylic oxidation sites excluding steroid dienone is 2. The van der Waals surface area contributed by atoms with Gasteiger partial charge in [-0.25, -0.2) is 14.8 Å². The van der Waals surface area contributed by atoms with Gasteiger partial charge in [-0.1, -0.05) is 12.2 Å². The van der Waals surface area contributed by atoms with E-state index in [1.165, 1.54) is 0 Å². The van der Waals surface area contributed by atoms with Gasteiger partial charge in [0.15, 0.2) is 0 Å². The summed E-state index contributed by atoms with van der Waals surface area (Å²) in [5, 5.41) is 2.96.